The second-order valence-electron chi connectivity index (χ2n) is 11.4. The number of aromatic nitrogens is 1. The Balaban J connectivity index is 0.887. The average Bonchev–Trinajstić information content (AvgIpc) is 3.66. The summed E-state index contributed by atoms with van der Waals surface area (Å²) in [6.45, 7) is 0.414. The van der Waals surface area contributed by atoms with Crippen molar-refractivity contribution in [3.63, 3.8) is 0 Å². The van der Waals surface area contributed by atoms with Crippen molar-refractivity contribution in [2.24, 2.45) is 0 Å². The van der Waals surface area contributed by atoms with Gasteiger partial charge in [0, 0.05) is 59.3 Å². The van der Waals surface area contributed by atoms with Crippen molar-refractivity contribution in [1.82, 2.24) is 20.5 Å². The third kappa shape index (κ3) is 7.68. The summed E-state index contributed by atoms with van der Waals surface area (Å²) in [6.07, 6.45) is 4.50. The Morgan fingerprint density at radius 1 is 0.800 bits per heavy atom. The van der Waals surface area contributed by atoms with Crippen molar-refractivity contribution in [1.29, 1.82) is 0 Å². The summed E-state index contributed by atoms with van der Waals surface area (Å²) in [4.78, 5) is 90.3. The van der Waals surface area contributed by atoms with Crippen LogP contribution in [0, 0.1) is 0 Å². The number of aromatic amines is 1. The van der Waals surface area contributed by atoms with Crippen LogP contribution >= 0.6 is 0 Å². The van der Waals surface area contributed by atoms with Gasteiger partial charge in [0.2, 0.25) is 23.6 Å². The molecule has 15 nitrogen and oxygen atoms in total. The van der Waals surface area contributed by atoms with E-state index in [1.165, 1.54) is 18.2 Å². The lowest BCUT2D eigenvalue weighted by Crippen LogP contribution is -2.54. The Bertz CT molecular complexity index is 2050. The van der Waals surface area contributed by atoms with E-state index in [2.05, 4.69) is 31.6 Å². The summed E-state index contributed by atoms with van der Waals surface area (Å²) in [7, 11) is 0. The Hall–Kier alpha value is -6.77. The van der Waals surface area contributed by atoms with Crippen molar-refractivity contribution in [3.05, 3.63) is 96.2 Å². The molecule has 0 saturated carbocycles. The third-order valence-electron chi connectivity index (χ3n) is 7.91. The van der Waals surface area contributed by atoms with Crippen LogP contribution < -0.4 is 31.3 Å². The van der Waals surface area contributed by atoms with Crippen LogP contribution in [0.25, 0.3) is 10.9 Å². The molecule has 3 aromatic carbocycles. The number of anilines is 3. The number of nitrogens with one attached hydrogen (secondary N) is 6. The fourth-order valence-electron chi connectivity index (χ4n) is 5.47. The number of carbonyl (C=O) groups excluding carboxylic acids is 7. The molecular formula is C35H31N7O8. The van der Waals surface area contributed by atoms with E-state index in [4.69, 9.17) is 4.74 Å². The molecule has 15 heteroatoms. The molecule has 0 bridgehead atoms. The van der Waals surface area contributed by atoms with Crippen LogP contribution in [0.2, 0.25) is 0 Å². The molecule has 0 aliphatic carbocycles. The molecule has 0 radical (unpaired) electrons. The number of fused-ring (bicyclic) bond motifs is 2. The molecule has 3 heterocycles. The highest BCUT2D eigenvalue weighted by Gasteiger charge is 2.44. The van der Waals surface area contributed by atoms with Gasteiger partial charge >= 0.3 is 6.03 Å². The number of imide groups is 2. The average molecular weight is 678 g/mol. The number of nitrogens with zero attached hydrogens (tertiary/aromatic N) is 1. The summed E-state index contributed by atoms with van der Waals surface area (Å²) in [5.41, 5.74) is 2.82. The number of piperidine rings is 1. The van der Waals surface area contributed by atoms with Gasteiger partial charge in [-0.2, -0.15) is 0 Å². The van der Waals surface area contributed by atoms with E-state index in [1.807, 2.05) is 24.4 Å². The summed E-state index contributed by atoms with van der Waals surface area (Å²) in [5, 5.41) is 13.9. The summed E-state index contributed by atoms with van der Waals surface area (Å²) >= 11 is 0. The van der Waals surface area contributed by atoms with Gasteiger partial charge in [-0.15, -0.1) is 0 Å². The standard InChI is InChI=1S/C35H31N7O8/c43-29(12-13-30(44)38-21-2-4-22(5-3-21)39-35(49)40-23-6-9-27-20(18-23)14-16-36-27)37-15-1-17-50-24-7-8-25-26(19-24)34(48)42(33(25)47)28-10-11-31(45)41-32(28)46/h2-9,12-14,16,18-19,28,36H,1,10-11,15,17H2,(H,37,43)(H,38,44)(H2,39,40,49)(H,41,45,46)/b13-12+. The SMILES string of the molecule is O=C(/C=C/C(=O)Nc1ccc(NC(=O)Nc2ccc3[nH]ccc3c2)cc1)NCCCOc1ccc2c(c1)C(=O)N(C1CCC(=O)NC1=O)C2=O. The first-order chi connectivity index (χ1) is 24.1. The number of amides is 8. The van der Waals surface area contributed by atoms with Gasteiger partial charge < -0.3 is 31.0 Å². The van der Waals surface area contributed by atoms with Gasteiger partial charge in [-0.25, -0.2) is 4.79 Å². The van der Waals surface area contributed by atoms with Crippen molar-refractivity contribution in [3.8, 4) is 5.75 Å². The van der Waals surface area contributed by atoms with Crippen molar-refractivity contribution in [2.75, 3.05) is 29.1 Å². The van der Waals surface area contributed by atoms with Crippen molar-refractivity contribution in [2.45, 2.75) is 25.3 Å². The molecule has 6 N–H and O–H groups in total. The van der Waals surface area contributed by atoms with E-state index in [9.17, 15) is 33.6 Å². The lowest BCUT2D eigenvalue weighted by atomic mass is 10.0. The molecule has 2 aliphatic rings. The Labute approximate surface area is 284 Å². The van der Waals surface area contributed by atoms with Gasteiger partial charge in [0.1, 0.15) is 11.8 Å². The van der Waals surface area contributed by atoms with Crippen LogP contribution in [0.3, 0.4) is 0 Å². The molecule has 8 amide bonds. The van der Waals surface area contributed by atoms with Crippen LogP contribution in [-0.4, -0.2) is 70.6 Å². The van der Waals surface area contributed by atoms with Crippen LogP contribution in [0.1, 0.15) is 40.0 Å². The Kier molecular flexibility index (Phi) is 9.65. The number of H-pyrrole nitrogens is 1. The van der Waals surface area contributed by atoms with Gasteiger partial charge in [-0.05, 0) is 79.6 Å². The Morgan fingerprint density at radius 3 is 2.28 bits per heavy atom. The number of urea groups is 1. The minimum absolute atomic E-state index is 0.0302. The fraction of sp³-hybridized carbons (Fsp3) is 0.171. The van der Waals surface area contributed by atoms with Gasteiger partial charge in [0.05, 0.1) is 17.7 Å². The van der Waals surface area contributed by atoms with Gasteiger partial charge in [-0.1, -0.05) is 0 Å². The largest absolute Gasteiger partial charge is 0.494 e. The van der Waals surface area contributed by atoms with Crippen LogP contribution in [0.15, 0.2) is 85.1 Å². The highest BCUT2D eigenvalue weighted by atomic mass is 16.5. The number of benzene rings is 3. The normalized spacial score (nSPS) is 15.5. The molecule has 6 rings (SSSR count). The smallest absolute Gasteiger partial charge is 0.323 e. The quantitative estimate of drug-likeness (QED) is 0.0787. The molecule has 0 spiro atoms. The van der Waals surface area contributed by atoms with Crippen LogP contribution in [0.4, 0.5) is 21.9 Å². The summed E-state index contributed by atoms with van der Waals surface area (Å²) < 4.78 is 5.68. The highest BCUT2D eigenvalue weighted by Crippen LogP contribution is 2.30. The van der Waals surface area contributed by atoms with E-state index < -0.39 is 47.5 Å². The summed E-state index contributed by atoms with van der Waals surface area (Å²) in [5.74, 6) is -3.06. The number of ether oxygens (including phenoxy) is 1. The summed E-state index contributed by atoms with van der Waals surface area (Å²) in [6, 6.07) is 16.8. The topological polar surface area (TPSA) is 208 Å². The minimum atomic E-state index is -1.05. The van der Waals surface area contributed by atoms with E-state index in [0.717, 1.165) is 28.0 Å². The van der Waals surface area contributed by atoms with E-state index in [-0.39, 0.29) is 37.1 Å². The first-order valence-corrected chi connectivity index (χ1v) is 15.6. The zero-order chi connectivity index (χ0) is 35.2. The first kappa shape index (κ1) is 33.1. The first-order valence-electron chi connectivity index (χ1n) is 15.6. The molecule has 2 aliphatic heterocycles. The maximum absolute atomic E-state index is 13.0. The maximum atomic E-state index is 13.0. The molecule has 1 unspecified atom stereocenters. The van der Waals surface area contributed by atoms with E-state index in [1.54, 1.807) is 30.3 Å². The monoisotopic (exact) mass is 677 g/mol. The lowest BCUT2D eigenvalue weighted by molar-refractivity contribution is -0.136. The molecule has 254 valence electrons. The van der Waals surface area contributed by atoms with E-state index in [0.29, 0.717) is 29.2 Å². The molecule has 50 heavy (non-hydrogen) atoms. The fourth-order valence-corrected chi connectivity index (χ4v) is 5.47. The molecule has 1 aromatic heterocycles. The van der Waals surface area contributed by atoms with Gasteiger partial charge in [0.25, 0.3) is 11.8 Å². The molecule has 1 saturated heterocycles. The number of rotatable bonds is 11. The predicted octanol–water partition coefficient (Wildman–Crippen LogP) is 3.29. The number of hydrogen-bond donors (Lipinski definition) is 6. The predicted molar refractivity (Wildman–Crippen MR) is 181 cm³/mol. The second-order valence-corrected chi connectivity index (χ2v) is 11.4. The highest BCUT2D eigenvalue weighted by molar-refractivity contribution is 6.23. The zero-order valence-corrected chi connectivity index (χ0v) is 26.4. The molecule has 4 aromatic rings. The number of carbonyl (C=O) groups is 7. The van der Waals surface area contributed by atoms with Crippen LogP contribution in [0.5, 0.6) is 5.75 Å². The number of hydrogen-bond acceptors (Lipinski definition) is 8. The lowest BCUT2D eigenvalue weighted by Gasteiger charge is -2.27. The molecule has 1 fully saturated rings. The Morgan fingerprint density at radius 2 is 1.50 bits per heavy atom. The van der Waals surface area contributed by atoms with Gasteiger partial charge in [-0.3, -0.25) is 39.0 Å². The molecule has 1 atom stereocenters. The van der Waals surface area contributed by atoms with Crippen molar-refractivity contribution < 1.29 is 38.3 Å². The minimum Gasteiger partial charge on any atom is -0.494 e. The third-order valence-corrected chi connectivity index (χ3v) is 7.91. The van der Waals surface area contributed by atoms with Gasteiger partial charge in [0.15, 0.2) is 0 Å². The molecular weight excluding hydrogens is 646 g/mol. The van der Waals surface area contributed by atoms with Crippen molar-refractivity contribution >= 4 is 69.4 Å². The van der Waals surface area contributed by atoms with Crippen LogP contribution in [-0.2, 0) is 19.2 Å². The second kappa shape index (κ2) is 14.6. The zero-order valence-electron chi connectivity index (χ0n) is 26.4. The van der Waals surface area contributed by atoms with E-state index >= 15 is 0 Å². The maximum Gasteiger partial charge on any atom is 0.323 e.